The maximum absolute atomic E-state index is 11.3. The van der Waals surface area contributed by atoms with Gasteiger partial charge in [-0.1, -0.05) is 32.0 Å². The van der Waals surface area contributed by atoms with Crippen LogP contribution in [0.1, 0.15) is 26.7 Å². The molecule has 0 heterocycles. The smallest absolute Gasteiger partial charge is 0.303 e. The number of rotatable bonds is 6. The minimum Gasteiger partial charge on any atom is -0.481 e. The van der Waals surface area contributed by atoms with Crippen molar-refractivity contribution in [2.45, 2.75) is 26.7 Å². The first-order valence-electron chi connectivity index (χ1n) is 4.55. The van der Waals surface area contributed by atoms with Crippen molar-refractivity contribution in [1.29, 1.82) is 0 Å². The number of aliphatic carboxylic acids is 1. The van der Waals surface area contributed by atoms with Gasteiger partial charge in [0.1, 0.15) is 0 Å². The van der Waals surface area contributed by atoms with E-state index in [1.807, 2.05) is 0 Å². The van der Waals surface area contributed by atoms with E-state index in [9.17, 15) is 9.59 Å². The van der Waals surface area contributed by atoms with Gasteiger partial charge in [0.25, 0.3) is 0 Å². The van der Waals surface area contributed by atoms with Gasteiger partial charge in [-0.05, 0) is 5.41 Å². The Morgan fingerprint density at radius 3 is 2.33 bits per heavy atom. The number of carboxylic acid groups (broad SMARTS) is 1. The van der Waals surface area contributed by atoms with Crippen molar-refractivity contribution in [1.82, 2.24) is 5.32 Å². The summed E-state index contributed by atoms with van der Waals surface area (Å²) in [6, 6.07) is 0. The molecule has 86 valence electrons. The topological polar surface area (TPSA) is 66.4 Å². The van der Waals surface area contributed by atoms with Crippen molar-refractivity contribution in [2.75, 3.05) is 6.54 Å². The van der Waals surface area contributed by atoms with Gasteiger partial charge in [0, 0.05) is 11.5 Å². The van der Waals surface area contributed by atoms with Crippen LogP contribution < -0.4 is 5.32 Å². The van der Waals surface area contributed by atoms with Crippen molar-refractivity contribution in [3.05, 3.63) is 11.6 Å². The van der Waals surface area contributed by atoms with E-state index in [0.29, 0.717) is 5.03 Å². The Balaban J connectivity index is 4.04. The van der Waals surface area contributed by atoms with E-state index in [1.54, 1.807) is 13.8 Å². The van der Waals surface area contributed by atoms with E-state index in [0.717, 1.165) is 0 Å². The third kappa shape index (κ3) is 8.00. The minimum atomic E-state index is -0.908. The molecule has 0 fully saturated rings. The summed E-state index contributed by atoms with van der Waals surface area (Å²) in [4.78, 5) is 21.8. The van der Waals surface area contributed by atoms with Crippen molar-refractivity contribution < 1.29 is 14.7 Å². The van der Waals surface area contributed by atoms with E-state index in [1.165, 1.54) is 0 Å². The van der Waals surface area contributed by atoms with Crippen LogP contribution in [-0.2, 0) is 9.59 Å². The molecule has 0 aliphatic rings. The molecule has 0 saturated heterocycles. The van der Waals surface area contributed by atoms with Gasteiger partial charge in [0.2, 0.25) is 5.91 Å². The standard InChI is InChI=1S/C10H16ClNO3/c1-7(11)6-12-8(13)4-10(2,3)5-9(14)15/h1,4-6H2,2-3H3,(H,12,13)(H,14,15). The van der Waals surface area contributed by atoms with Gasteiger partial charge in [-0.3, -0.25) is 9.59 Å². The Kier molecular flexibility index (Phi) is 5.36. The lowest BCUT2D eigenvalue weighted by atomic mass is 9.85. The molecular formula is C10H16ClNO3. The second-order valence-electron chi connectivity index (χ2n) is 4.21. The van der Waals surface area contributed by atoms with E-state index < -0.39 is 11.4 Å². The summed E-state index contributed by atoms with van der Waals surface area (Å²) in [5.74, 6) is -1.13. The van der Waals surface area contributed by atoms with Gasteiger partial charge in [-0.2, -0.15) is 0 Å². The van der Waals surface area contributed by atoms with Gasteiger partial charge in [0.05, 0.1) is 13.0 Å². The predicted molar refractivity (Wildman–Crippen MR) is 58.7 cm³/mol. The molecule has 1 amide bonds. The first-order valence-corrected chi connectivity index (χ1v) is 4.92. The van der Waals surface area contributed by atoms with E-state index in [-0.39, 0.29) is 25.3 Å². The molecule has 0 spiro atoms. The third-order valence-corrected chi connectivity index (χ3v) is 1.88. The van der Waals surface area contributed by atoms with Crippen molar-refractivity contribution in [3.63, 3.8) is 0 Å². The van der Waals surface area contributed by atoms with Crippen molar-refractivity contribution >= 4 is 23.5 Å². The van der Waals surface area contributed by atoms with Gasteiger partial charge < -0.3 is 10.4 Å². The molecule has 0 unspecified atom stereocenters. The molecule has 5 heteroatoms. The maximum atomic E-state index is 11.3. The molecule has 0 bridgehead atoms. The Morgan fingerprint density at radius 1 is 1.40 bits per heavy atom. The lowest BCUT2D eigenvalue weighted by Gasteiger charge is -2.21. The fourth-order valence-corrected chi connectivity index (χ4v) is 1.23. The SMILES string of the molecule is C=C(Cl)CNC(=O)CC(C)(C)CC(=O)O. The molecule has 0 aliphatic heterocycles. The average Bonchev–Trinajstić information content (AvgIpc) is 1.96. The number of carbonyl (C=O) groups is 2. The molecule has 0 radical (unpaired) electrons. The fraction of sp³-hybridized carbons (Fsp3) is 0.600. The van der Waals surface area contributed by atoms with E-state index in [4.69, 9.17) is 16.7 Å². The summed E-state index contributed by atoms with van der Waals surface area (Å²) in [5, 5.41) is 11.5. The Hall–Kier alpha value is -1.03. The number of nitrogens with one attached hydrogen (secondary N) is 1. The van der Waals surface area contributed by atoms with Crippen molar-refractivity contribution in [3.8, 4) is 0 Å². The predicted octanol–water partition coefficient (Wildman–Crippen LogP) is 1.75. The number of hydrogen-bond donors (Lipinski definition) is 2. The summed E-state index contributed by atoms with van der Waals surface area (Å²) >= 11 is 5.47. The molecule has 0 rings (SSSR count). The summed E-state index contributed by atoms with van der Waals surface area (Å²) in [6.07, 6.45) is 0.117. The van der Waals surface area contributed by atoms with Gasteiger partial charge in [-0.15, -0.1) is 0 Å². The van der Waals surface area contributed by atoms with Crippen LogP contribution in [0.4, 0.5) is 0 Å². The number of carboxylic acids is 1. The molecular weight excluding hydrogens is 218 g/mol. The lowest BCUT2D eigenvalue weighted by molar-refractivity contribution is -0.139. The number of carbonyl (C=O) groups excluding carboxylic acids is 1. The maximum Gasteiger partial charge on any atom is 0.303 e. The molecule has 15 heavy (non-hydrogen) atoms. The molecule has 0 aliphatic carbocycles. The second kappa shape index (κ2) is 5.75. The zero-order valence-electron chi connectivity index (χ0n) is 8.97. The van der Waals surface area contributed by atoms with Crippen LogP contribution in [0.5, 0.6) is 0 Å². The number of hydrogen-bond acceptors (Lipinski definition) is 2. The highest BCUT2D eigenvalue weighted by Gasteiger charge is 2.24. The highest BCUT2D eigenvalue weighted by molar-refractivity contribution is 6.29. The highest BCUT2D eigenvalue weighted by Crippen LogP contribution is 2.24. The molecule has 0 aromatic rings. The zero-order chi connectivity index (χ0) is 12.1. The quantitative estimate of drug-likeness (QED) is 0.735. The van der Waals surface area contributed by atoms with E-state index >= 15 is 0 Å². The van der Waals surface area contributed by atoms with Crippen LogP contribution >= 0.6 is 11.6 Å². The summed E-state index contributed by atoms with van der Waals surface area (Å²) in [6.45, 7) is 7.11. The highest BCUT2D eigenvalue weighted by atomic mass is 35.5. The number of amides is 1. The van der Waals surface area contributed by atoms with E-state index in [2.05, 4.69) is 11.9 Å². The lowest BCUT2D eigenvalue weighted by Crippen LogP contribution is -2.30. The summed E-state index contributed by atoms with van der Waals surface area (Å²) in [5.41, 5.74) is -0.552. The van der Waals surface area contributed by atoms with Crippen LogP contribution in [0.3, 0.4) is 0 Å². The fourth-order valence-electron chi connectivity index (χ4n) is 1.16. The molecule has 0 aromatic carbocycles. The van der Waals surface area contributed by atoms with Crippen LogP contribution in [-0.4, -0.2) is 23.5 Å². The van der Waals surface area contributed by atoms with Crippen LogP contribution in [0.2, 0.25) is 0 Å². The first-order chi connectivity index (χ1) is 6.73. The summed E-state index contributed by atoms with van der Waals surface area (Å²) < 4.78 is 0. The normalized spacial score (nSPS) is 10.9. The van der Waals surface area contributed by atoms with Crippen LogP contribution in [0, 0.1) is 5.41 Å². The largest absolute Gasteiger partial charge is 0.481 e. The van der Waals surface area contributed by atoms with Gasteiger partial charge in [0.15, 0.2) is 0 Å². The minimum absolute atomic E-state index is 0.0394. The van der Waals surface area contributed by atoms with Crippen LogP contribution in [0.15, 0.2) is 11.6 Å². The average molecular weight is 234 g/mol. The molecule has 2 N–H and O–H groups in total. The van der Waals surface area contributed by atoms with Crippen molar-refractivity contribution in [2.24, 2.45) is 5.41 Å². The monoisotopic (exact) mass is 233 g/mol. The van der Waals surface area contributed by atoms with Gasteiger partial charge in [-0.25, -0.2) is 0 Å². The van der Waals surface area contributed by atoms with Crippen LogP contribution in [0.25, 0.3) is 0 Å². The molecule has 4 nitrogen and oxygen atoms in total. The number of halogens is 1. The Bertz CT molecular complexity index is 274. The third-order valence-electron chi connectivity index (χ3n) is 1.75. The van der Waals surface area contributed by atoms with Gasteiger partial charge >= 0.3 is 5.97 Å². The first kappa shape index (κ1) is 14.0. The zero-order valence-corrected chi connectivity index (χ0v) is 9.73. The Labute approximate surface area is 94.3 Å². The second-order valence-corrected chi connectivity index (χ2v) is 4.74. The Morgan fingerprint density at radius 2 is 1.93 bits per heavy atom. The molecule has 0 aromatic heterocycles. The molecule has 0 atom stereocenters. The summed E-state index contributed by atoms with van der Waals surface area (Å²) in [7, 11) is 0. The molecule has 0 saturated carbocycles.